The number of rotatable bonds is 3. The van der Waals surface area contributed by atoms with Crippen LogP contribution in [-0.4, -0.2) is 31.9 Å². The van der Waals surface area contributed by atoms with Gasteiger partial charge in [0.15, 0.2) is 0 Å². The van der Waals surface area contributed by atoms with Crippen molar-refractivity contribution in [3.05, 3.63) is 64.9 Å². The maximum Gasteiger partial charge on any atom is 0.244 e. The molecule has 3 rings (SSSR count). The first-order valence-electron chi connectivity index (χ1n) is 7.53. The van der Waals surface area contributed by atoms with Crippen LogP contribution in [0.5, 0.6) is 0 Å². The number of halogens is 2. The maximum absolute atomic E-state index is 13.1. The van der Waals surface area contributed by atoms with Crippen molar-refractivity contribution in [1.82, 2.24) is 4.31 Å². The Bertz CT molecular complexity index is 826. The van der Waals surface area contributed by atoms with Gasteiger partial charge in [-0.05, 0) is 36.8 Å². The summed E-state index contributed by atoms with van der Waals surface area (Å²) in [4.78, 5) is 0.0821. The van der Waals surface area contributed by atoms with Gasteiger partial charge in [0.2, 0.25) is 10.0 Å². The number of benzene rings is 2. The van der Waals surface area contributed by atoms with Crippen LogP contribution in [0.1, 0.15) is 18.6 Å². The number of morpholine rings is 1. The van der Waals surface area contributed by atoms with Crippen LogP contribution in [0, 0.1) is 5.82 Å². The average molecular weight is 370 g/mol. The van der Waals surface area contributed by atoms with Crippen LogP contribution >= 0.6 is 11.6 Å². The van der Waals surface area contributed by atoms with Crippen LogP contribution in [-0.2, 0) is 14.8 Å². The standard InChI is InChI=1S/C17H17ClFNO3S/c1-12-10-20(24(21,22)17-5-3-2-4-15(17)18)11-16(23-12)13-6-8-14(19)9-7-13/h2-9,12,16H,10-11H2,1H3. The second kappa shape index (κ2) is 6.80. The van der Waals surface area contributed by atoms with E-state index >= 15 is 0 Å². The molecule has 2 aromatic rings. The van der Waals surface area contributed by atoms with Crippen LogP contribution in [0.4, 0.5) is 4.39 Å². The summed E-state index contributed by atoms with van der Waals surface area (Å²) in [5.74, 6) is -0.344. The minimum absolute atomic E-state index is 0.0821. The van der Waals surface area contributed by atoms with Gasteiger partial charge in [0, 0.05) is 13.1 Å². The molecule has 0 radical (unpaired) electrons. The third-order valence-electron chi connectivity index (χ3n) is 3.92. The molecule has 1 heterocycles. The number of ether oxygens (including phenoxy) is 1. The molecule has 2 aromatic carbocycles. The lowest BCUT2D eigenvalue weighted by Crippen LogP contribution is -2.45. The van der Waals surface area contributed by atoms with Crippen molar-refractivity contribution in [1.29, 1.82) is 0 Å². The van der Waals surface area contributed by atoms with Crippen LogP contribution in [0.25, 0.3) is 0 Å². The van der Waals surface area contributed by atoms with Gasteiger partial charge >= 0.3 is 0 Å². The minimum Gasteiger partial charge on any atom is -0.368 e. The van der Waals surface area contributed by atoms with Gasteiger partial charge in [0.05, 0.1) is 17.2 Å². The molecule has 2 atom stereocenters. The van der Waals surface area contributed by atoms with E-state index in [9.17, 15) is 12.8 Å². The molecule has 7 heteroatoms. The molecule has 0 saturated carbocycles. The quantitative estimate of drug-likeness (QED) is 0.830. The van der Waals surface area contributed by atoms with Gasteiger partial charge in [-0.1, -0.05) is 35.9 Å². The Morgan fingerprint density at radius 3 is 2.46 bits per heavy atom. The van der Waals surface area contributed by atoms with Gasteiger partial charge in [-0.2, -0.15) is 4.31 Å². The Labute approximate surface area is 145 Å². The Morgan fingerprint density at radius 1 is 1.12 bits per heavy atom. The fraction of sp³-hybridized carbons (Fsp3) is 0.294. The molecule has 1 aliphatic heterocycles. The molecule has 0 aliphatic carbocycles. The smallest absolute Gasteiger partial charge is 0.244 e. The Morgan fingerprint density at radius 2 is 1.79 bits per heavy atom. The largest absolute Gasteiger partial charge is 0.368 e. The molecule has 0 N–H and O–H groups in total. The molecule has 1 fully saturated rings. The molecule has 2 unspecified atom stereocenters. The summed E-state index contributed by atoms with van der Waals surface area (Å²) >= 11 is 6.06. The van der Waals surface area contributed by atoms with Crippen LogP contribution in [0.15, 0.2) is 53.4 Å². The van der Waals surface area contributed by atoms with Gasteiger partial charge < -0.3 is 4.74 Å². The highest BCUT2D eigenvalue weighted by atomic mass is 35.5. The van der Waals surface area contributed by atoms with Gasteiger partial charge in [-0.3, -0.25) is 0 Å². The molecule has 24 heavy (non-hydrogen) atoms. The summed E-state index contributed by atoms with van der Waals surface area (Å²) in [5.41, 5.74) is 0.738. The van der Waals surface area contributed by atoms with Crippen molar-refractivity contribution in [3.63, 3.8) is 0 Å². The highest BCUT2D eigenvalue weighted by Gasteiger charge is 2.35. The van der Waals surface area contributed by atoms with E-state index in [4.69, 9.17) is 16.3 Å². The van der Waals surface area contributed by atoms with E-state index in [2.05, 4.69) is 0 Å². The van der Waals surface area contributed by atoms with Crippen molar-refractivity contribution >= 4 is 21.6 Å². The van der Waals surface area contributed by atoms with E-state index in [1.807, 2.05) is 6.92 Å². The third kappa shape index (κ3) is 3.47. The number of hydrogen-bond acceptors (Lipinski definition) is 3. The van der Waals surface area contributed by atoms with Crippen molar-refractivity contribution in [3.8, 4) is 0 Å². The summed E-state index contributed by atoms with van der Waals surface area (Å²) < 4.78 is 46.1. The van der Waals surface area contributed by atoms with Crippen molar-refractivity contribution in [2.24, 2.45) is 0 Å². The molecule has 128 valence electrons. The van der Waals surface area contributed by atoms with Crippen LogP contribution in [0.3, 0.4) is 0 Å². The lowest BCUT2D eigenvalue weighted by Gasteiger charge is -2.36. The molecule has 0 aromatic heterocycles. The fourth-order valence-electron chi connectivity index (χ4n) is 2.76. The van der Waals surface area contributed by atoms with Gasteiger partial charge in [-0.25, -0.2) is 12.8 Å². The zero-order valence-electron chi connectivity index (χ0n) is 13.0. The Hall–Kier alpha value is -1.47. The number of hydrogen-bond donors (Lipinski definition) is 0. The molecular weight excluding hydrogens is 353 g/mol. The summed E-state index contributed by atoms with van der Waals surface area (Å²) in [6.45, 7) is 2.21. The van der Waals surface area contributed by atoms with E-state index in [1.165, 1.54) is 22.5 Å². The molecular formula is C17H17ClFNO3S. The van der Waals surface area contributed by atoms with Gasteiger partial charge in [0.25, 0.3) is 0 Å². The zero-order chi connectivity index (χ0) is 17.3. The monoisotopic (exact) mass is 369 g/mol. The molecule has 0 bridgehead atoms. The highest BCUT2D eigenvalue weighted by molar-refractivity contribution is 7.89. The SMILES string of the molecule is CC1CN(S(=O)(=O)c2ccccc2Cl)CC(c2ccc(F)cc2)O1. The van der Waals surface area contributed by atoms with Crippen molar-refractivity contribution < 1.29 is 17.5 Å². The lowest BCUT2D eigenvalue weighted by molar-refractivity contribution is -0.0557. The van der Waals surface area contributed by atoms with E-state index in [-0.39, 0.29) is 34.9 Å². The van der Waals surface area contributed by atoms with Gasteiger partial charge in [-0.15, -0.1) is 0 Å². The summed E-state index contributed by atoms with van der Waals surface area (Å²) in [6.07, 6.45) is -0.738. The predicted octanol–water partition coefficient (Wildman–Crippen LogP) is 3.63. The molecule has 4 nitrogen and oxygen atoms in total. The molecule has 0 amide bonds. The third-order valence-corrected chi connectivity index (χ3v) is 6.25. The van der Waals surface area contributed by atoms with E-state index in [0.29, 0.717) is 0 Å². The predicted molar refractivity (Wildman–Crippen MR) is 89.9 cm³/mol. The normalized spacial score (nSPS) is 22.5. The second-order valence-electron chi connectivity index (χ2n) is 5.74. The van der Waals surface area contributed by atoms with E-state index in [0.717, 1.165) is 5.56 Å². The first-order valence-corrected chi connectivity index (χ1v) is 9.35. The highest BCUT2D eigenvalue weighted by Crippen LogP contribution is 2.31. The first kappa shape index (κ1) is 17.4. The average Bonchev–Trinajstić information content (AvgIpc) is 2.55. The minimum atomic E-state index is -3.73. The van der Waals surface area contributed by atoms with E-state index in [1.54, 1.807) is 30.3 Å². The second-order valence-corrected chi connectivity index (χ2v) is 8.05. The summed E-state index contributed by atoms with van der Waals surface area (Å²) in [5, 5.41) is 0.190. The van der Waals surface area contributed by atoms with E-state index < -0.39 is 16.1 Å². The van der Waals surface area contributed by atoms with Crippen molar-refractivity contribution in [2.75, 3.05) is 13.1 Å². The molecule has 0 spiro atoms. The first-order chi connectivity index (χ1) is 11.4. The Kier molecular flexibility index (Phi) is 4.92. The van der Waals surface area contributed by atoms with Crippen LogP contribution in [0.2, 0.25) is 5.02 Å². The van der Waals surface area contributed by atoms with Gasteiger partial charge in [0.1, 0.15) is 10.7 Å². The summed E-state index contributed by atoms with van der Waals surface area (Å²) in [7, 11) is -3.73. The molecule has 1 saturated heterocycles. The Balaban J connectivity index is 1.91. The summed E-state index contributed by atoms with van der Waals surface area (Å²) in [6, 6.07) is 12.3. The maximum atomic E-state index is 13.1. The number of nitrogens with zero attached hydrogens (tertiary/aromatic N) is 1. The lowest BCUT2D eigenvalue weighted by atomic mass is 10.1. The number of sulfonamides is 1. The fourth-order valence-corrected chi connectivity index (χ4v) is 4.77. The topological polar surface area (TPSA) is 46.6 Å². The van der Waals surface area contributed by atoms with Crippen LogP contribution < -0.4 is 0 Å². The molecule has 1 aliphatic rings. The van der Waals surface area contributed by atoms with Crippen molar-refractivity contribution in [2.45, 2.75) is 24.0 Å². The zero-order valence-corrected chi connectivity index (χ0v) is 14.6.